The molecule has 0 amide bonds. The number of benzene rings is 1. The van der Waals surface area contributed by atoms with Gasteiger partial charge in [-0.25, -0.2) is 4.98 Å². The Hall–Kier alpha value is -2.22. The highest BCUT2D eigenvalue weighted by molar-refractivity contribution is 9.10. The highest BCUT2D eigenvalue weighted by atomic mass is 79.9. The Morgan fingerprint density at radius 2 is 2.05 bits per heavy atom. The zero-order chi connectivity index (χ0) is 15.1. The van der Waals surface area contributed by atoms with E-state index in [1.54, 1.807) is 30.8 Å². The molecule has 1 aromatic carbocycles. The molecule has 0 saturated carbocycles. The lowest BCUT2D eigenvalue weighted by molar-refractivity contribution is -0.136. The van der Waals surface area contributed by atoms with Crippen LogP contribution in [-0.4, -0.2) is 39.7 Å². The highest BCUT2D eigenvalue weighted by Crippen LogP contribution is 2.34. The second-order valence-electron chi connectivity index (χ2n) is 4.43. The van der Waals surface area contributed by atoms with Gasteiger partial charge in [-0.15, -0.1) is 0 Å². The number of rotatable bonds is 4. The van der Waals surface area contributed by atoms with Gasteiger partial charge in [-0.1, -0.05) is 0 Å². The first-order valence-corrected chi connectivity index (χ1v) is 6.86. The summed E-state index contributed by atoms with van der Waals surface area (Å²) in [6.07, 6.45) is -0.112. The summed E-state index contributed by atoms with van der Waals surface area (Å²) >= 11 is 3.42. The summed E-state index contributed by atoms with van der Waals surface area (Å²) in [5.41, 5.74) is 2.07. The standard InChI is InChI=1S/C13H12BrN3O4/c1-20-9-3-6-8(5-10(9)21-2)17-12(14)7(4-11(18)19)16-13(17)15-6/h3,5H,4H2,1-2H3,(H,15,16)(H,18,19). The zero-order valence-corrected chi connectivity index (χ0v) is 12.9. The molecule has 0 atom stereocenters. The van der Waals surface area contributed by atoms with E-state index in [9.17, 15) is 4.79 Å². The third-order valence-electron chi connectivity index (χ3n) is 3.20. The van der Waals surface area contributed by atoms with Gasteiger partial charge in [0.05, 0.1) is 37.4 Å². The van der Waals surface area contributed by atoms with Gasteiger partial charge in [-0.3, -0.25) is 9.20 Å². The molecule has 7 nitrogen and oxygen atoms in total. The van der Waals surface area contributed by atoms with Gasteiger partial charge in [-0.2, -0.15) is 0 Å². The molecule has 2 aromatic heterocycles. The van der Waals surface area contributed by atoms with E-state index in [2.05, 4.69) is 25.9 Å². The van der Waals surface area contributed by atoms with Gasteiger partial charge in [0, 0.05) is 12.1 Å². The number of halogens is 1. The van der Waals surface area contributed by atoms with Crippen molar-refractivity contribution in [2.45, 2.75) is 6.42 Å². The van der Waals surface area contributed by atoms with Crippen LogP contribution in [0.5, 0.6) is 11.5 Å². The van der Waals surface area contributed by atoms with E-state index in [0.29, 0.717) is 27.6 Å². The molecule has 0 unspecified atom stereocenters. The molecule has 0 aliphatic heterocycles. The van der Waals surface area contributed by atoms with Gasteiger partial charge >= 0.3 is 5.97 Å². The van der Waals surface area contributed by atoms with Gasteiger partial charge in [0.1, 0.15) is 4.60 Å². The monoisotopic (exact) mass is 353 g/mol. The molecule has 0 fully saturated rings. The first kappa shape index (κ1) is 13.7. The number of carbonyl (C=O) groups is 1. The number of H-pyrrole nitrogens is 1. The first-order chi connectivity index (χ1) is 10.0. The molecule has 3 aromatic rings. The average molecular weight is 354 g/mol. The Kier molecular flexibility index (Phi) is 3.25. The van der Waals surface area contributed by atoms with Gasteiger partial charge in [0.25, 0.3) is 0 Å². The number of aromatic amines is 1. The molecule has 0 radical (unpaired) electrons. The molecule has 2 heterocycles. The lowest BCUT2D eigenvalue weighted by Gasteiger charge is -2.07. The quantitative estimate of drug-likeness (QED) is 0.750. The predicted molar refractivity (Wildman–Crippen MR) is 79.2 cm³/mol. The lowest BCUT2D eigenvalue weighted by atomic mass is 10.2. The fraction of sp³-hybridized carbons (Fsp3) is 0.231. The van der Waals surface area contributed by atoms with E-state index in [-0.39, 0.29) is 6.42 Å². The lowest BCUT2D eigenvalue weighted by Crippen LogP contribution is -2.01. The van der Waals surface area contributed by atoms with Crippen molar-refractivity contribution in [2.75, 3.05) is 14.2 Å². The Morgan fingerprint density at radius 1 is 1.38 bits per heavy atom. The minimum absolute atomic E-state index is 0.112. The van der Waals surface area contributed by atoms with Crippen LogP contribution in [0, 0.1) is 0 Å². The third kappa shape index (κ3) is 2.11. The Labute approximate surface area is 127 Å². The molecule has 0 aliphatic rings. The van der Waals surface area contributed by atoms with E-state index in [4.69, 9.17) is 14.6 Å². The SMILES string of the molecule is COc1cc2nc3[nH]c(CC(=O)O)c(Br)n3c2cc1OC. The number of aliphatic carboxylic acids is 1. The molecule has 0 bridgehead atoms. The minimum Gasteiger partial charge on any atom is -0.493 e. The number of carboxylic acid groups (broad SMARTS) is 1. The maximum absolute atomic E-state index is 10.9. The van der Waals surface area contributed by atoms with Crippen molar-refractivity contribution in [3.8, 4) is 11.5 Å². The van der Waals surface area contributed by atoms with E-state index >= 15 is 0 Å². The first-order valence-electron chi connectivity index (χ1n) is 6.07. The smallest absolute Gasteiger partial charge is 0.309 e. The fourth-order valence-electron chi connectivity index (χ4n) is 2.28. The van der Waals surface area contributed by atoms with Crippen LogP contribution in [0.2, 0.25) is 0 Å². The number of imidazole rings is 2. The Morgan fingerprint density at radius 3 is 2.67 bits per heavy atom. The largest absolute Gasteiger partial charge is 0.493 e. The summed E-state index contributed by atoms with van der Waals surface area (Å²) in [5, 5.41) is 8.91. The van der Waals surface area contributed by atoms with Crippen molar-refractivity contribution >= 4 is 38.7 Å². The summed E-state index contributed by atoms with van der Waals surface area (Å²) < 4.78 is 13.0. The summed E-state index contributed by atoms with van der Waals surface area (Å²) in [4.78, 5) is 18.3. The fourth-order valence-corrected chi connectivity index (χ4v) is 2.88. The molecular formula is C13H12BrN3O4. The van der Waals surface area contributed by atoms with Crippen LogP contribution in [0.4, 0.5) is 0 Å². The number of ether oxygens (including phenoxy) is 2. The van der Waals surface area contributed by atoms with E-state index in [0.717, 1.165) is 11.0 Å². The summed E-state index contributed by atoms with van der Waals surface area (Å²) in [6, 6.07) is 3.58. The number of hydrogen-bond donors (Lipinski definition) is 2. The number of aromatic nitrogens is 3. The molecule has 21 heavy (non-hydrogen) atoms. The number of hydrogen-bond acceptors (Lipinski definition) is 4. The van der Waals surface area contributed by atoms with Gasteiger partial charge in [0.2, 0.25) is 5.78 Å². The van der Waals surface area contributed by atoms with Crippen LogP contribution in [-0.2, 0) is 11.2 Å². The molecule has 0 saturated heterocycles. The number of nitrogens with zero attached hydrogens (tertiary/aromatic N) is 2. The number of nitrogens with one attached hydrogen (secondary N) is 1. The predicted octanol–water partition coefficient (Wildman–Crippen LogP) is 2.22. The van der Waals surface area contributed by atoms with E-state index in [1.165, 1.54) is 0 Å². The van der Waals surface area contributed by atoms with Crippen molar-refractivity contribution in [3.63, 3.8) is 0 Å². The van der Waals surface area contributed by atoms with Gasteiger partial charge in [0.15, 0.2) is 11.5 Å². The molecular weight excluding hydrogens is 342 g/mol. The third-order valence-corrected chi connectivity index (χ3v) is 4.03. The molecule has 2 N–H and O–H groups in total. The van der Waals surface area contributed by atoms with Crippen molar-refractivity contribution < 1.29 is 19.4 Å². The molecule has 0 aliphatic carbocycles. The number of methoxy groups -OCH3 is 2. The Balaban J connectivity index is 2.28. The minimum atomic E-state index is -0.913. The number of carboxylic acids is 1. The van der Waals surface area contributed by atoms with Crippen LogP contribution in [0.3, 0.4) is 0 Å². The van der Waals surface area contributed by atoms with Crippen molar-refractivity contribution in [3.05, 3.63) is 22.4 Å². The average Bonchev–Trinajstić information content (AvgIpc) is 2.93. The van der Waals surface area contributed by atoms with Crippen LogP contribution in [0.15, 0.2) is 16.7 Å². The number of fused-ring (bicyclic) bond motifs is 3. The Bertz CT molecular complexity index is 852. The van der Waals surface area contributed by atoms with Crippen molar-refractivity contribution in [1.82, 2.24) is 14.4 Å². The second kappa shape index (κ2) is 4.96. The molecule has 110 valence electrons. The molecule has 3 rings (SSSR count). The summed E-state index contributed by atoms with van der Waals surface area (Å²) in [5.74, 6) is 0.819. The van der Waals surface area contributed by atoms with Crippen LogP contribution < -0.4 is 9.47 Å². The van der Waals surface area contributed by atoms with Crippen molar-refractivity contribution in [2.24, 2.45) is 0 Å². The summed E-state index contributed by atoms with van der Waals surface area (Å²) in [6.45, 7) is 0. The zero-order valence-electron chi connectivity index (χ0n) is 11.3. The topological polar surface area (TPSA) is 88.8 Å². The normalized spacial score (nSPS) is 11.2. The molecule has 8 heteroatoms. The maximum atomic E-state index is 10.9. The maximum Gasteiger partial charge on any atom is 0.309 e. The van der Waals surface area contributed by atoms with Crippen LogP contribution >= 0.6 is 15.9 Å². The van der Waals surface area contributed by atoms with Crippen LogP contribution in [0.25, 0.3) is 16.8 Å². The summed E-state index contributed by atoms with van der Waals surface area (Å²) in [7, 11) is 3.12. The van der Waals surface area contributed by atoms with Gasteiger partial charge in [-0.05, 0) is 15.9 Å². The molecule has 0 spiro atoms. The van der Waals surface area contributed by atoms with Crippen molar-refractivity contribution in [1.29, 1.82) is 0 Å². The van der Waals surface area contributed by atoms with E-state index < -0.39 is 5.97 Å². The van der Waals surface area contributed by atoms with Crippen LogP contribution in [0.1, 0.15) is 5.69 Å². The highest BCUT2D eigenvalue weighted by Gasteiger charge is 2.18. The van der Waals surface area contributed by atoms with Gasteiger partial charge < -0.3 is 19.6 Å². The second-order valence-corrected chi connectivity index (χ2v) is 5.18. The van der Waals surface area contributed by atoms with E-state index in [1.807, 2.05) is 0 Å².